The summed E-state index contributed by atoms with van der Waals surface area (Å²) in [5.41, 5.74) is 3.48. The molecule has 0 heterocycles. The predicted octanol–water partition coefficient (Wildman–Crippen LogP) is 5.10. The van der Waals surface area contributed by atoms with E-state index in [0.29, 0.717) is 11.3 Å². The minimum atomic E-state index is -0.357. The van der Waals surface area contributed by atoms with Crippen LogP contribution in [0.15, 0.2) is 78.9 Å². The van der Waals surface area contributed by atoms with Crippen molar-refractivity contribution in [3.8, 4) is 0 Å². The maximum absolute atomic E-state index is 13.0. The summed E-state index contributed by atoms with van der Waals surface area (Å²) in [6, 6.07) is 23.6. The number of carbonyl (C=O) groups excluding carboxylic acids is 1. The molecule has 0 spiro atoms. The second-order valence-electron chi connectivity index (χ2n) is 6.01. The summed E-state index contributed by atoms with van der Waals surface area (Å²) in [4.78, 5) is 14.5. The Kier molecular flexibility index (Phi) is 5.64. The Hall–Kier alpha value is -3.14. The van der Waals surface area contributed by atoms with Gasteiger partial charge in [-0.2, -0.15) is 0 Å². The first-order chi connectivity index (χ1) is 12.7. The van der Waals surface area contributed by atoms with Crippen molar-refractivity contribution < 1.29 is 9.18 Å². The van der Waals surface area contributed by atoms with Crippen molar-refractivity contribution in [2.24, 2.45) is 0 Å². The number of benzene rings is 3. The summed E-state index contributed by atoms with van der Waals surface area (Å²) in [6.45, 7) is 3.84. The van der Waals surface area contributed by atoms with Crippen LogP contribution in [0.1, 0.15) is 22.8 Å². The number of halogens is 1. The van der Waals surface area contributed by atoms with E-state index in [-0.39, 0.29) is 11.7 Å². The van der Waals surface area contributed by atoms with E-state index in [4.69, 9.17) is 0 Å². The summed E-state index contributed by atoms with van der Waals surface area (Å²) < 4.78 is 13.0. The van der Waals surface area contributed by atoms with Crippen molar-refractivity contribution in [2.45, 2.75) is 13.5 Å². The van der Waals surface area contributed by atoms with Crippen molar-refractivity contribution in [3.63, 3.8) is 0 Å². The number of amides is 1. The maximum Gasteiger partial charge on any atom is 0.255 e. The summed E-state index contributed by atoms with van der Waals surface area (Å²) >= 11 is 0. The van der Waals surface area contributed by atoms with Gasteiger partial charge >= 0.3 is 0 Å². The molecule has 1 amide bonds. The number of carbonyl (C=O) groups is 1. The third-order valence-electron chi connectivity index (χ3n) is 4.19. The highest BCUT2D eigenvalue weighted by molar-refractivity contribution is 6.04. The molecule has 132 valence electrons. The summed E-state index contributed by atoms with van der Waals surface area (Å²) in [5.74, 6) is -0.613. The Morgan fingerprint density at radius 1 is 0.923 bits per heavy atom. The van der Waals surface area contributed by atoms with Crippen LogP contribution in [-0.2, 0) is 6.54 Å². The Morgan fingerprint density at radius 2 is 1.58 bits per heavy atom. The van der Waals surface area contributed by atoms with Gasteiger partial charge in [0.1, 0.15) is 5.82 Å². The van der Waals surface area contributed by atoms with Gasteiger partial charge < -0.3 is 10.2 Å². The van der Waals surface area contributed by atoms with Crippen LogP contribution in [-0.4, -0.2) is 12.5 Å². The monoisotopic (exact) mass is 348 g/mol. The zero-order chi connectivity index (χ0) is 18.4. The standard InChI is InChI=1S/C22H21FN2O/c1-2-25(16-17-6-4-3-5-7-17)21-14-12-20(13-15-21)24-22(26)18-8-10-19(23)11-9-18/h3-15H,2,16H2,1H3,(H,24,26). The van der Waals surface area contributed by atoms with E-state index in [0.717, 1.165) is 18.8 Å². The van der Waals surface area contributed by atoms with E-state index < -0.39 is 0 Å². The van der Waals surface area contributed by atoms with Crippen molar-refractivity contribution in [3.05, 3.63) is 95.8 Å². The Balaban J connectivity index is 1.67. The van der Waals surface area contributed by atoms with Gasteiger partial charge in [-0.15, -0.1) is 0 Å². The zero-order valence-electron chi connectivity index (χ0n) is 14.7. The quantitative estimate of drug-likeness (QED) is 0.672. The molecule has 0 atom stereocenters. The van der Waals surface area contributed by atoms with Gasteiger partial charge in [-0.3, -0.25) is 4.79 Å². The third kappa shape index (κ3) is 4.48. The second kappa shape index (κ2) is 8.30. The molecule has 3 aromatic carbocycles. The van der Waals surface area contributed by atoms with E-state index >= 15 is 0 Å². The van der Waals surface area contributed by atoms with Gasteiger partial charge in [0.05, 0.1) is 0 Å². The Morgan fingerprint density at radius 3 is 2.19 bits per heavy atom. The van der Waals surface area contributed by atoms with Gasteiger partial charge in [-0.1, -0.05) is 30.3 Å². The highest BCUT2D eigenvalue weighted by Gasteiger charge is 2.08. The maximum atomic E-state index is 13.0. The fourth-order valence-electron chi connectivity index (χ4n) is 2.75. The van der Waals surface area contributed by atoms with Gasteiger partial charge in [0.25, 0.3) is 5.91 Å². The number of hydrogen-bond donors (Lipinski definition) is 1. The molecule has 0 radical (unpaired) electrons. The molecule has 0 fully saturated rings. The number of nitrogens with one attached hydrogen (secondary N) is 1. The van der Waals surface area contributed by atoms with E-state index in [1.165, 1.54) is 29.8 Å². The molecule has 4 heteroatoms. The van der Waals surface area contributed by atoms with Crippen molar-refractivity contribution in [2.75, 3.05) is 16.8 Å². The molecular weight excluding hydrogens is 327 g/mol. The molecule has 1 N–H and O–H groups in total. The first-order valence-electron chi connectivity index (χ1n) is 8.61. The molecule has 0 aliphatic heterocycles. The van der Waals surface area contributed by atoms with Gasteiger partial charge in [0.2, 0.25) is 0 Å². The van der Waals surface area contributed by atoms with Gasteiger partial charge in [-0.25, -0.2) is 4.39 Å². The molecule has 0 unspecified atom stereocenters. The van der Waals surface area contributed by atoms with Gasteiger partial charge in [0.15, 0.2) is 0 Å². The molecule has 0 aliphatic rings. The second-order valence-corrected chi connectivity index (χ2v) is 6.01. The minimum Gasteiger partial charge on any atom is -0.367 e. The zero-order valence-corrected chi connectivity index (χ0v) is 14.7. The summed E-state index contributed by atoms with van der Waals surface area (Å²) in [6.07, 6.45) is 0. The molecular formula is C22H21FN2O. The van der Waals surface area contributed by atoms with Gasteiger partial charge in [0, 0.05) is 30.0 Å². The van der Waals surface area contributed by atoms with Crippen LogP contribution >= 0.6 is 0 Å². The lowest BCUT2D eigenvalue weighted by atomic mass is 10.2. The lowest BCUT2D eigenvalue weighted by molar-refractivity contribution is 0.102. The average molecular weight is 348 g/mol. The first kappa shape index (κ1) is 17.7. The predicted molar refractivity (Wildman–Crippen MR) is 104 cm³/mol. The molecule has 0 aromatic heterocycles. The minimum absolute atomic E-state index is 0.255. The van der Waals surface area contributed by atoms with Crippen LogP contribution in [0.2, 0.25) is 0 Å². The van der Waals surface area contributed by atoms with Crippen molar-refractivity contribution in [1.82, 2.24) is 0 Å². The highest BCUT2D eigenvalue weighted by atomic mass is 19.1. The fourth-order valence-corrected chi connectivity index (χ4v) is 2.75. The first-order valence-corrected chi connectivity index (χ1v) is 8.61. The van der Waals surface area contributed by atoms with Crippen LogP contribution in [0.25, 0.3) is 0 Å². The summed E-state index contributed by atoms with van der Waals surface area (Å²) in [5, 5.41) is 2.83. The molecule has 0 saturated heterocycles. The van der Waals surface area contributed by atoms with Crippen molar-refractivity contribution >= 4 is 17.3 Å². The molecule has 0 saturated carbocycles. The Bertz CT molecular complexity index is 846. The molecule has 3 rings (SSSR count). The SMILES string of the molecule is CCN(Cc1ccccc1)c1ccc(NC(=O)c2ccc(F)cc2)cc1. The number of nitrogens with zero attached hydrogens (tertiary/aromatic N) is 1. The smallest absolute Gasteiger partial charge is 0.255 e. The van der Waals surface area contributed by atoms with E-state index in [1.807, 2.05) is 42.5 Å². The van der Waals surface area contributed by atoms with Crippen LogP contribution in [0.4, 0.5) is 15.8 Å². The normalized spacial score (nSPS) is 10.4. The number of anilines is 2. The van der Waals surface area contributed by atoms with Gasteiger partial charge in [-0.05, 0) is 61.0 Å². The van der Waals surface area contributed by atoms with E-state index in [2.05, 4.69) is 29.3 Å². The van der Waals surface area contributed by atoms with Crippen LogP contribution < -0.4 is 10.2 Å². The molecule has 26 heavy (non-hydrogen) atoms. The highest BCUT2D eigenvalue weighted by Crippen LogP contribution is 2.20. The number of hydrogen-bond acceptors (Lipinski definition) is 2. The molecule has 0 bridgehead atoms. The van der Waals surface area contributed by atoms with Crippen molar-refractivity contribution in [1.29, 1.82) is 0 Å². The largest absolute Gasteiger partial charge is 0.367 e. The lowest BCUT2D eigenvalue weighted by Crippen LogP contribution is -2.21. The Labute approximate surface area is 153 Å². The fraction of sp³-hybridized carbons (Fsp3) is 0.136. The summed E-state index contributed by atoms with van der Waals surface area (Å²) in [7, 11) is 0. The number of rotatable bonds is 6. The molecule has 3 aromatic rings. The lowest BCUT2D eigenvalue weighted by Gasteiger charge is -2.23. The van der Waals surface area contributed by atoms with Crippen LogP contribution in [0.3, 0.4) is 0 Å². The van der Waals surface area contributed by atoms with E-state index in [9.17, 15) is 9.18 Å². The average Bonchev–Trinajstić information content (AvgIpc) is 2.68. The molecule has 3 nitrogen and oxygen atoms in total. The molecule has 0 aliphatic carbocycles. The third-order valence-corrected chi connectivity index (χ3v) is 4.19. The van der Waals surface area contributed by atoms with Crippen LogP contribution in [0, 0.1) is 5.82 Å². The van der Waals surface area contributed by atoms with E-state index in [1.54, 1.807) is 0 Å². The topological polar surface area (TPSA) is 32.3 Å². The van der Waals surface area contributed by atoms with Crippen LogP contribution in [0.5, 0.6) is 0 Å².